The van der Waals surface area contributed by atoms with Crippen molar-refractivity contribution < 1.29 is 18.8 Å². The molecule has 0 aromatic carbocycles. The zero-order valence-corrected chi connectivity index (χ0v) is 18.2. The molecule has 0 spiro atoms. The summed E-state index contributed by atoms with van der Waals surface area (Å²) in [5.41, 5.74) is 0.698. The van der Waals surface area contributed by atoms with E-state index in [0.29, 0.717) is 6.54 Å². The van der Waals surface area contributed by atoms with Crippen LogP contribution in [0.3, 0.4) is 0 Å². The second kappa shape index (κ2) is 7.34. The van der Waals surface area contributed by atoms with Gasteiger partial charge in [-0.3, -0.25) is 4.98 Å². The smallest absolute Gasteiger partial charge is 0.444 e. The maximum Gasteiger partial charge on any atom is 0.496 e. The summed E-state index contributed by atoms with van der Waals surface area (Å²) >= 11 is 0. The van der Waals surface area contributed by atoms with E-state index in [4.69, 9.17) is 14.0 Å². The van der Waals surface area contributed by atoms with Crippen molar-refractivity contribution in [3.63, 3.8) is 0 Å². The third kappa shape index (κ3) is 4.52. The molecule has 1 aromatic heterocycles. The molecule has 3 rings (SSSR count). The average Bonchev–Trinajstić information content (AvgIpc) is 2.81. The molecule has 1 amide bonds. The van der Waals surface area contributed by atoms with E-state index in [-0.39, 0.29) is 23.2 Å². The highest BCUT2D eigenvalue weighted by molar-refractivity contribution is 6.62. The number of nitrogens with zero attached hydrogens (tertiary/aromatic N) is 2. The molecule has 28 heavy (non-hydrogen) atoms. The lowest BCUT2D eigenvalue weighted by molar-refractivity contribution is 0.00578. The van der Waals surface area contributed by atoms with Crippen molar-refractivity contribution in [2.75, 3.05) is 13.1 Å². The number of likely N-dealkylation sites (tertiary alicyclic amines) is 1. The number of pyridine rings is 1. The van der Waals surface area contributed by atoms with Gasteiger partial charge in [0.25, 0.3) is 0 Å². The van der Waals surface area contributed by atoms with Crippen LogP contribution < -0.4 is 5.46 Å². The molecule has 0 aliphatic carbocycles. The number of ether oxygens (including phenoxy) is 1. The highest BCUT2D eigenvalue weighted by Crippen LogP contribution is 2.36. The minimum Gasteiger partial charge on any atom is -0.444 e. The van der Waals surface area contributed by atoms with Crippen LogP contribution in [0.5, 0.6) is 0 Å². The normalized spacial score (nSPS) is 24.3. The van der Waals surface area contributed by atoms with E-state index in [0.717, 1.165) is 30.5 Å². The predicted molar refractivity (Wildman–Crippen MR) is 110 cm³/mol. The SMILES string of the molecule is CC(C)(C)OC(=O)N1CCC[C@H](c2ccc(B3OC(C)(C)C(C)(C)O3)cn2)C1. The Hall–Kier alpha value is -1.60. The summed E-state index contributed by atoms with van der Waals surface area (Å²) in [5, 5.41) is 0. The Labute approximate surface area is 169 Å². The van der Waals surface area contributed by atoms with E-state index >= 15 is 0 Å². The molecule has 2 fully saturated rings. The van der Waals surface area contributed by atoms with Crippen LogP contribution >= 0.6 is 0 Å². The van der Waals surface area contributed by atoms with Crippen molar-refractivity contribution in [2.24, 2.45) is 0 Å². The van der Waals surface area contributed by atoms with Crippen LogP contribution in [0.25, 0.3) is 0 Å². The first kappa shape index (κ1) is 21.1. The molecule has 0 bridgehead atoms. The van der Waals surface area contributed by atoms with Crippen LogP contribution in [-0.4, -0.2) is 53.0 Å². The standard InChI is InChI=1S/C21H33BN2O4/c1-19(2,3)26-18(25)24-12-8-9-15(14-24)17-11-10-16(13-23-17)22-27-20(4,5)21(6,7)28-22/h10-11,13,15H,8-9,12,14H2,1-7H3/t15-/m0/s1. The number of carbonyl (C=O) groups is 1. The third-order valence-corrected chi connectivity index (χ3v) is 5.83. The summed E-state index contributed by atoms with van der Waals surface area (Å²) in [6.45, 7) is 15.2. The van der Waals surface area contributed by atoms with Gasteiger partial charge < -0.3 is 18.9 Å². The zero-order chi connectivity index (χ0) is 20.7. The summed E-state index contributed by atoms with van der Waals surface area (Å²) in [6, 6.07) is 4.06. The van der Waals surface area contributed by atoms with Gasteiger partial charge in [-0.15, -0.1) is 0 Å². The second-order valence-electron chi connectivity index (χ2n) is 9.87. The van der Waals surface area contributed by atoms with Gasteiger partial charge in [0.1, 0.15) is 5.60 Å². The number of carbonyl (C=O) groups excluding carboxylic acids is 1. The first-order chi connectivity index (χ1) is 12.9. The summed E-state index contributed by atoms with van der Waals surface area (Å²) in [5.74, 6) is 0.216. The van der Waals surface area contributed by atoms with Crippen LogP contribution in [0, 0.1) is 0 Å². The lowest BCUT2D eigenvalue weighted by Gasteiger charge is -2.34. The van der Waals surface area contributed by atoms with Gasteiger partial charge in [0.15, 0.2) is 0 Å². The number of piperidine rings is 1. The number of amides is 1. The van der Waals surface area contributed by atoms with Gasteiger partial charge in [-0.05, 0) is 67.4 Å². The van der Waals surface area contributed by atoms with Crippen LogP contribution in [0.2, 0.25) is 0 Å². The lowest BCUT2D eigenvalue weighted by Crippen LogP contribution is -2.42. The van der Waals surface area contributed by atoms with Gasteiger partial charge in [0.05, 0.1) is 11.2 Å². The van der Waals surface area contributed by atoms with E-state index in [9.17, 15) is 4.79 Å². The Morgan fingerprint density at radius 3 is 2.39 bits per heavy atom. The van der Waals surface area contributed by atoms with E-state index in [1.807, 2.05) is 66.8 Å². The fourth-order valence-electron chi connectivity index (χ4n) is 3.49. The topological polar surface area (TPSA) is 60.9 Å². The Morgan fingerprint density at radius 2 is 1.86 bits per heavy atom. The van der Waals surface area contributed by atoms with Crippen LogP contribution in [0.1, 0.15) is 72.9 Å². The molecule has 2 saturated heterocycles. The highest BCUT2D eigenvalue weighted by Gasteiger charge is 2.51. The van der Waals surface area contributed by atoms with Gasteiger partial charge in [0, 0.05) is 36.4 Å². The van der Waals surface area contributed by atoms with Crippen molar-refractivity contribution in [2.45, 2.75) is 84.0 Å². The highest BCUT2D eigenvalue weighted by atomic mass is 16.7. The number of hydrogen-bond donors (Lipinski definition) is 0. The number of hydrogen-bond acceptors (Lipinski definition) is 5. The van der Waals surface area contributed by atoms with E-state index in [1.165, 1.54) is 0 Å². The minimum atomic E-state index is -0.479. The van der Waals surface area contributed by atoms with E-state index < -0.39 is 12.7 Å². The lowest BCUT2D eigenvalue weighted by atomic mass is 9.80. The van der Waals surface area contributed by atoms with Crippen molar-refractivity contribution >= 4 is 18.7 Å². The Bertz CT molecular complexity index is 696. The van der Waals surface area contributed by atoms with Crippen molar-refractivity contribution in [3.05, 3.63) is 24.0 Å². The molecule has 1 atom stereocenters. The monoisotopic (exact) mass is 388 g/mol. The summed E-state index contributed by atoms with van der Waals surface area (Å²) in [7, 11) is -0.406. The van der Waals surface area contributed by atoms with Gasteiger partial charge in [-0.25, -0.2) is 4.79 Å². The molecule has 2 aliphatic rings. The van der Waals surface area contributed by atoms with Crippen molar-refractivity contribution in [1.29, 1.82) is 0 Å². The van der Waals surface area contributed by atoms with Gasteiger partial charge in [0.2, 0.25) is 0 Å². The van der Waals surface area contributed by atoms with Crippen molar-refractivity contribution in [1.82, 2.24) is 9.88 Å². The summed E-state index contributed by atoms with van der Waals surface area (Å²) in [6.07, 6.45) is 3.56. The average molecular weight is 388 g/mol. The molecule has 0 radical (unpaired) electrons. The first-order valence-electron chi connectivity index (χ1n) is 10.2. The van der Waals surface area contributed by atoms with Gasteiger partial charge in [-0.1, -0.05) is 6.07 Å². The molecule has 3 heterocycles. The molecule has 0 saturated carbocycles. The fourth-order valence-corrected chi connectivity index (χ4v) is 3.49. The molecule has 0 unspecified atom stereocenters. The van der Waals surface area contributed by atoms with E-state index in [1.54, 1.807) is 4.90 Å². The Kier molecular flexibility index (Phi) is 5.54. The maximum atomic E-state index is 12.4. The Morgan fingerprint density at radius 1 is 1.21 bits per heavy atom. The van der Waals surface area contributed by atoms with Gasteiger partial charge >= 0.3 is 13.2 Å². The largest absolute Gasteiger partial charge is 0.496 e. The molecule has 2 aliphatic heterocycles. The van der Waals surface area contributed by atoms with Crippen LogP contribution in [0.4, 0.5) is 4.79 Å². The summed E-state index contributed by atoms with van der Waals surface area (Å²) in [4.78, 5) is 18.9. The molecular weight excluding hydrogens is 355 g/mol. The van der Waals surface area contributed by atoms with Crippen LogP contribution in [0.15, 0.2) is 18.3 Å². The van der Waals surface area contributed by atoms with E-state index in [2.05, 4.69) is 4.98 Å². The fraction of sp³-hybridized carbons (Fsp3) is 0.714. The van der Waals surface area contributed by atoms with Gasteiger partial charge in [-0.2, -0.15) is 0 Å². The molecule has 1 aromatic rings. The molecule has 7 heteroatoms. The minimum absolute atomic E-state index is 0.216. The number of aromatic nitrogens is 1. The molecular formula is C21H33BN2O4. The molecule has 6 nitrogen and oxygen atoms in total. The van der Waals surface area contributed by atoms with Crippen LogP contribution in [-0.2, 0) is 14.0 Å². The Balaban J connectivity index is 1.66. The zero-order valence-electron chi connectivity index (χ0n) is 18.2. The maximum absolute atomic E-state index is 12.4. The first-order valence-corrected chi connectivity index (χ1v) is 10.2. The third-order valence-electron chi connectivity index (χ3n) is 5.83. The predicted octanol–water partition coefficient (Wildman–Crippen LogP) is 3.50. The second-order valence-corrected chi connectivity index (χ2v) is 9.87. The quantitative estimate of drug-likeness (QED) is 0.726. The summed E-state index contributed by atoms with van der Waals surface area (Å²) < 4.78 is 17.7. The molecule has 154 valence electrons. The number of rotatable bonds is 2. The molecule has 0 N–H and O–H groups in total. The van der Waals surface area contributed by atoms with Crippen molar-refractivity contribution in [3.8, 4) is 0 Å².